The topological polar surface area (TPSA) is 45.2 Å². The second kappa shape index (κ2) is 8.79. The molecule has 0 bridgehead atoms. The summed E-state index contributed by atoms with van der Waals surface area (Å²) in [6.07, 6.45) is 14.0. The first kappa shape index (κ1) is 18.4. The summed E-state index contributed by atoms with van der Waals surface area (Å²) in [4.78, 5) is 18.4. The molecule has 2 aliphatic heterocycles. The van der Waals surface area contributed by atoms with E-state index in [-0.39, 0.29) is 0 Å². The molecule has 4 heterocycles. The number of rotatable bonds is 6. The highest BCUT2D eigenvalue weighted by molar-refractivity contribution is 5.31. The van der Waals surface area contributed by atoms with E-state index in [1.807, 2.05) is 30.9 Å². The zero-order valence-electron chi connectivity index (χ0n) is 16.4. The zero-order valence-corrected chi connectivity index (χ0v) is 16.4. The van der Waals surface area contributed by atoms with Crippen molar-refractivity contribution in [3.8, 4) is 0 Å². The van der Waals surface area contributed by atoms with Gasteiger partial charge in [0, 0.05) is 44.4 Å². The Hall–Kier alpha value is -2.01. The third kappa shape index (κ3) is 4.64. The Bertz CT molecular complexity index is 694. The number of piperidine rings is 1. The van der Waals surface area contributed by atoms with Gasteiger partial charge < -0.3 is 4.90 Å². The summed E-state index contributed by atoms with van der Waals surface area (Å²) >= 11 is 0. The Morgan fingerprint density at radius 1 is 0.963 bits per heavy atom. The number of pyridine rings is 1. The number of nitrogens with zero attached hydrogens (tertiary/aromatic N) is 5. The summed E-state index contributed by atoms with van der Waals surface area (Å²) in [5.74, 6) is 2.57. The molecule has 27 heavy (non-hydrogen) atoms. The van der Waals surface area contributed by atoms with E-state index >= 15 is 0 Å². The average molecular weight is 366 g/mol. The molecule has 2 aliphatic rings. The van der Waals surface area contributed by atoms with E-state index in [0.717, 1.165) is 50.3 Å². The van der Waals surface area contributed by atoms with Crippen LogP contribution in [0.1, 0.15) is 43.7 Å². The molecule has 0 aromatic carbocycles. The number of aryl methyl sites for hydroxylation is 1. The highest BCUT2D eigenvalue weighted by Crippen LogP contribution is 2.33. The number of aromatic nitrogens is 3. The van der Waals surface area contributed by atoms with Crippen LogP contribution in [-0.4, -0.2) is 46.0 Å². The average Bonchev–Trinajstić information content (AvgIpc) is 3.20. The highest BCUT2D eigenvalue weighted by atomic mass is 15.3. The smallest absolute Gasteiger partial charge is 0.225 e. The Balaban J connectivity index is 1.26. The van der Waals surface area contributed by atoms with Gasteiger partial charge in [0.15, 0.2) is 0 Å². The molecule has 5 heteroatoms. The van der Waals surface area contributed by atoms with E-state index in [1.165, 1.54) is 43.5 Å². The van der Waals surface area contributed by atoms with Crippen molar-refractivity contribution in [1.29, 1.82) is 0 Å². The molecule has 2 aromatic heterocycles. The maximum atomic E-state index is 4.62. The maximum Gasteiger partial charge on any atom is 0.225 e. The molecule has 1 atom stereocenters. The maximum absolute atomic E-state index is 4.62. The Labute approximate surface area is 162 Å². The van der Waals surface area contributed by atoms with Gasteiger partial charge in [-0.05, 0) is 67.8 Å². The van der Waals surface area contributed by atoms with Crippen LogP contribution in [-0.2, 0) is 13.0 Å². The van der Waals surface area contributed by atoms with Crippen molar-refractivity contribution in [2.75, 3.05) is 31.1 Å². The number of anilines is 1. The van der Waals surface area contributed by atoms with Gasteiger partial charge in [-0.25, -0.2) is 9.97 Å². The van der Waals surface area contributed by atoms with Gasteiger partial charge in [-0.15, -0.1) is 0 Å². The summed E-state index contributed by atoms with van der Waals surface area (Å²) in [7, 11) is 0. The van der Waals surface area contributed by atoms with Gasteiger partial charge in [-0.3, -0.25) is 9.88 Å². The lowest BCUT2D eigenvalue weighted by molar-refractivity contribution is 0.147. The molecule has 0 spiro atoms. The van der Waals surface area contributed by atoms with E-state index in [0.29, 0.717) is 0 Å². The molecule has 0 unspecified atom stereocenters. The van der Waals surface area contributed by atoms with Crippen molar-refractivity contribution in [3.63, 3.8) is 0 Å². The summed E-state index contributed by atoms with van der Waals surface area (Å²) in [5.41, 5.74) is 2.57. The Morgan fingerprint density at radius 3 is 2.44 bits per heavy atom. The lowest BCUT2D eigenvalue weighted by Gasteiger charge is -2.34. The lowest BCUT2D eigenvalue weighted by Crippen LogP contribution is -2.36. The van der Waals surface area contributed by atoms with Gasteiger partial charge in [-0.2, -0.15) is 0 Å². The van der Waals surface area contributed by atoms with Crippen LogP contribution in [0.3, 0.4) is 0 Å². The van der Waals surface area contributed by atoms with Crippen LogP contribution in [0.2, 0.25) is 0 Å². The lowest BCUT2D eigenvalue weighted by atomic mass is 9.83. The second-order valence-corrected chi connectivity index (χ2v) is 8.11. The van der Waals surface area contributed by atoms with Gasteiger partial charge in [0.25, 0.3) is 0 Å². The normalized spacial score (nSPS) is 21.7. The van der Waals surface area contributed by atoms with E-state index in [1.54, 1.807) is 0 Å². The van der Waals surface area contributed by atoms with Crippen LogP contribution in [0.5, 0.6) is 0 Å². The van der Waals surface area contributed by atoms with Crippen molar-refractivity contribution in [2.24, 2.45) is 11.8 Å². The minimum absolute atomic E-state index is 0.796. The first-order chi connectivity index (χ1) is 13.3. The van der Waals surface area contributed by atoms with Gasteiger partial charge >= 0.3 is 0 Å². The molecule has 144 valence electrons. The second-order valence-electron chi connectivity index (χ2n) is 8.11. The van der Waals surface area contributed by atoms with Crippen molar-refractivity contribution < 1.29 is 0 Å². The molecule has 5 nitrogen and oxygen atoms in total. The molecule has 2 aromatic rings. The molecule has 4 rings (SSSR count). The largest absolute Gasteiger partial charge is 0.341 e. The fraction of sp³-hybridized carbons (Fsp3) is 0.591. The minimum atomic E-state index is 0.796. The third-order valence-corrected chi connectivity index (χ3v) is 6.17. The summed E-state index contributed by atoms with van der Waals surface area (Å²) in [6.45, 7) is 7.88. The molecule has 2 fully saturated rings. The fourth-order valence-electron chi connectivity index (χ4n) is 4.62. The third-order valence-electron chi connectivity index (χ3n) is 6.17. The molecule has 0 N–H and O–H groups in total. The monoisotopic (exact) mass is 365 g/mol. The van der Waals surface area contributed by atoms with Crippen LogP contribution >= 0.6 is 0 Å². The Morgan fingerprint density at radius 2 is 1.74 bits per heavy atom. The van der Waals surface area contributed by atoms with Crippen LogP contribution in [0.25, 0.3) is 0 Å². The number of hydrogen-bond donors (Lipinski definition) is 0. The number of hydrogen-bond acceptors (Lipinski definition) is 5. The molecule has 0 radical (unpaired) electrons. The van der Waals surface area contributed by atoms with Crippen molar-refractivity contribution in [2.45, 2.75) is 45.6 Å². The molecule has 2 saturated heterocycles. The van der Waals surface area contributed by atoms with E-state index in [2.05, 4.69) is 37.7 Å². The van der Waals surface area contributed by atoms with Crippen molar-refractivity contribution >= 4 is 5.95 Å². The molecule has 0 amide bonds. The summed E-state index contributed by atoms with van der Waals surface area (Å²) in [6, 6.07) is 4.21. The zero-order chi connectivity index (χ0) is 18.5. The van der Waals surface area contributed by atoms with Crippen LogP contribution in [0.15, 0.2) is 36.9 Å². The first-order valence-electron chi connectivity index (χ1n) is 10.5. The Kier molecular flexibility index (Phi) is 5.97. The molecular formula is C22H31N5. The van der Waals surface area contributed by atoms with Crippen molar-refractivity contribution in [3.05, 3.63) is 48.0 Å². The molecular weight excluding hydrogens is 334 g/mol. The van der Waals surface area contributed by atoms with Crippen LogP contribution < -0.4 is 4.90 Å². The fourth-order valence-corrected chi connectivity index (χ4v) is 4.62. The van der Waals surface area contributed by atoms with Crippen LogP contribution in [0, 0.1) is 11.8 Å². The van der Waals surface area contributed by atoms with E-state index < -0.39 is 0 Å². The van der Waals surface area contributed by atoms with E-state index in [9.17, 15) is 0 Å². The van der Waals surface area contributed by atoms with E-state index in [4.69, 9.17) is 0 Å². The van der Waals surface area contributed by atoms with Gasteiger partial charge in [0.2, 0.25) is 5.95 Å². The summed E-state index contributed by atoms with van der Waals surface area (Å²) in [5, 5.41) is 0. The van der Waals surface area contributed by atoms with Crippen LogP contribution in [0.4, 0.5) is 5.95 Å². The quantitative estimate of drug-likeness (QED) is 0.783. The summed E-state index contributed by atoms with van der Waals surface area (Å²) < 4.78 is 0. The van der Waals surface area contributed by atoms with Gasteiger partial charge in [-0.1, -0.05) is 19.4 Å². The van der Waals surface area contributed by atoms with Crippen molar-refractivity contribution in [1.82, 2.24) is 19.9 Å². The predicted octanol–water partition coefficient (Wildman–Crippen LogP) is 3.56. The standard InChI is InChI=1S/C22H31N5/c1-2-4-18-14-24-22(25-15-18)27-12-8-21(17-27)20-6-10-26(11-7-20)16-19-5-3-9-23-13-19/h3,5,9,13-15,20-21H,2,4,6-8,10-12,16-17H2,1H3/t21-/m1/s1. The number of likely N-dealkylation sites (tertiary alicyclic amines) is 1. The first-order valence-corrected chi connectivity index (χ1v) is 10.5. The molecule has 0 saturated carbocycles. The highest BCUT2D eigenvalue weighted by Gasteiger charge is 2.32. The predicted molar refractivity (Wildman–Crippen MR) is 109 cm³/mol. The SMILES string of the molecule is CCCc1cnc(N2CC[C@@H](C3CCN(Cc4cccnc4)CC3)C2)nc1. The minimum Gasteiger partial charge on any atom is -0.341 e. The van der Waals surface area contributed by atoms with Gasteiger partial charge in [0.1, 0.15) is 0 Å². The van der Waals surface area contributed by atoms with Gasteiger partial charge in [0.05, 0.1) is 0 Å². The molecule has 0 aliphatic carbocycles.